The van der Waals surface area contributed by atoms with Crippen molar-refractivity contribution in [1.29, 1.82) is 0 Å². The second kappa shape index (κ2) is 7.06. The number of Topliss-reactive ketones (excluding diaryl/α,β-unsaturated/α-hetero) is 1. The van der Waals surface area contributed by atoms with Crippen LogP contribution in [-0.2, 0) is 13.1 Å². The fourth-order valence-corrected chi connectivity index (χ4v) is 5.15. The molecule has 1 aliphatic heterocycles. The van der Waals surface area contributed by atoms with Crippen LogP contribution in [0.2, 0.25) is 0 Å². The number of aromatic nitrogens is 2. The predicted molar refractivity (Wildman–Crippen MR) is 107 cm³/mol. The second-order valence-corrected chi connectivity index (χ2v) is 8.92. The number of ketones is 1. The Labute approximate surface area is 159 Å². The lowest BCUT2D eigenvalue weighted by Gasteiger charge is -2.18. The number of thiophene rings is 2. The number of fused-ring (bicyclic) bond motifs is 1. The summed E-state index contributed by atoms with van der Waals surface area (Å²) in [5.41, 5.74) is 0.892. The molecule has 1 fully saturated rings. The molecule has 0 atom stereocenters. The van der Waals surface area contributed by atoms with E-state index in [1.54, 1.807) is 15.9 Å². The van der Waals surface area contributed by atoms with Crippen LogP contribution in [-0.4, -0.2) is 33.3 Å². The van der Waals surface area contributed by atoms with Crippen LogP contribution in [0.25, 0.3) is 10.2 Å². The summed E-state index contributed by atoms with van der Waals surface area (Å²) >= 11 is 2.98. The first kappa shape index (κ1) is 17.6. The van der Waals surface area contributed by atoms with Crippen LogP contribution in [0.4, 0.5) is 0 Å². The summed E-state index contributed by atoms with van der Waals surface area (Å²) in [5.74, 6) is 0.672. The summed E-state index contributed by atoms with van der Waals surface area (Å²) in [4.78, 5) is 35.6. The Bertz CT molecular complexity index is 1010. The van der Waals surface area contributed by atoms with E-state index in [0.717, 1.165) is 28.4 Å². The van der Waals surface area contributed by atoms with Gasteiger partial charge in [0.25, 0.3) is 5.56 Å². The molecule has 7 heteroatoms. The summed E-state index contributed by atoms with van der Waals surface area (Å²) in [6.07, 6.45) is 2.36. The van der Waals surface area contributed by atoms with Gasteiger partial charge in [-0.25, -0.2) is 4.98 Å². The standard InChI is InChI=1S/C19H21N3O2S2/c1-12-13(2)26-18-17(12)19(24)22(10-14(23)15-6-5-9-25-15)16(20-18)11-21-7-3-4-8-21/h5-6,9H,3-4,7-8,10-11H2,1-2H3. The SMILES string of the molecule is Cc1sc2nc(CN3CCCC3)n(CC(=O)c3cccs3)c(=O)c2c1C. The van der Waals surface area contributed by atoms with Gasteiger partial charge >= 0.3 is 0 Å². The second-order valence-electron chi connectivity index (χ2n) is 6.77. The largest absolute Gasteiger partial charge is 0.296 e. The molecular weight excluding hydrogens is 366 g/mol. The van der Waals surface area contributed by atoms with Gasteiger partial charge in [0.05, 0.1) is 23.4 Å². The first-order valence-corrected chi connectivity index (χ1v) is 10.5. The molecule has 4 rings (SSSR count). The monoisotopic (exact) mass is 387 g/mol. The number of aryl methyl sites for hydroxylation is 2. The zero-order valence-electron chi connectivity index (χ0n) is 14.9. The Hall–Kier alpha value is -1.83. The molecule has 1 saturated heterocycles. The number of carbonyl (C=O) groups is 1. The van der Waals surface area contributed by atoms with Crippen LogP contribution < -0.4 is 5.56 Å². The summed E-state index contributed by atoms with van der Waals surface area (Å²) in [6, 6.07) is 3.67. The van der Waals surface area contributed by atoms with Crippen molar-refractivity contribution in [2.24, 2.45) is 0 Å². The van der Waals surface area contributed by atoms with Gasteiger partial charge < -0.3 is 0 Å². The number of carbonyl (C=O) groups excluding carboxylic acids is 1. The fourth-order valence-electron chi connectivity index (χ4n) is 3.45. The Balaban J connectivity index is 1.81. The first-order chi connectivity index (χ1) is 12.5. The molecule has 4 heterocycles. The van der Waals surface area contributed by atoms with Crippen molar-refractivity contribution in [2.45, 2.75) is 39.8 Å². The van der Waals surface area contributed by atoms with Crippen molar-refractivity contribution in [3.63, 3.8) is 0 Å². The van der Waals surface area contributed by atoms with Crippen LogP contribution in [0.15, 0.2) is 22.3 Å². The van der Waals surface area contributed by atoms with E-state index in [4.69, 9.17) is 4.98 Å². The molecule has 0 radical (unpaired) electrons. The van der Waals surface area contributed by atoms with Gasteiger partial charge in [-0.3, -0.25) is 19.1 Å². The molecule has 0 aliphatic carbocycles. The van der Waals surface area contributed by atoms with Gasteiger partial charge in [-0.2, -0.15) is 0 Å². The Kier molecular flexibility index (Phi) is 4.77. The van der Waals surface area contributed by atoms with E-state index in [1.165, 1.54) is 24.2 Å². The lowest BCUT2D eigenvalue weighted by molar-refractivity contribution is 0.0972. The normalized spacial score (nSPS) is 15.2. The van der Waals surface area contributed by atoms with E-state index in [1.807, 2.05) is 31.4 Å². The van der Waals surface area contributed by atoms with Crippen molar-refractivity contribution in [3.8, 4) is 0 Å². The average molecular weight is 388 g/mol. The van der Waals surface area contributed by atoms with Gasteiger partial charge in [0.15, 0.2) is 5.78 Å². The maximum absolute atomic E-state index is 13.2. The predicted octanol–water partition coefficient (Wildman–Crippen LogP) is 3.62. The molecular formula is C19H21N3O2S2. The highest BCUT2D eigenvalue weighted by molar-refractivity contribution is 7.18. The third-order valence-corrected chi connectivity index (χ3v) is 7.04. The smallest absolute Gasteiger partial charge is 0.263 e. The van der Waals surface area contributed by atoms with E-state index in [-0.39, 0.29) is 17.9 Å². The molecule has 3 aromatic rings. The minimum absolute atomic E-state index is 0.0319. The van der Waals surface area contributed by atoms with Crippen molar-refractivity contribution < 1.29 is 4.79 Å². The van der Waals surface area contributed by atoms with E-state index in [2.05, 4.69) is 4.90 Å². The zero-order valence-corrected chi connectivity index (χ0v) is 16.6. The highest BCUT2D eigenvalue weighted by Gasteiger charge is 2.21. The van der Waals surface area contributed by atoms with Gasteiger partial charge in [-0.05, 0) is 56.8 Å². The summed E-state index contributed by atoms with van der Waals surface area (Å²) in [6.45, 7) is 6.70. The van der Waals surface area contributed by atoms with E-state index >= 15 is 0 Å². The van der Waals surface area contributed by atoms with E-state index in [9.17, 15) is 9.59 Å². The Morgan fingerprint density at radius 2 is 2.04 bits per heavy atom. The third-order valence-electron chi connectivity index (χ3n) is 5.03. The van der Waals surface area contributed by atoms with Crippen LogP contribution in [0.5, 0.6) is 0 Å². The molecule has 3 aromatic heterocycles. The Morgan fingerprint density at radius 1 is 1.27 bits per heavy atom. The summed E-state index contributed by atoms with van der Waals surface area (Å²) in [5, 5.41) is 2.55. The fraction of sp³-hybridized carbons (Fsp3) is 0.421. The van der Waals surface area contributed by atoms with Gasteiger partial charge in [-0.15, -0.1) is 22.7 Å². The van der Waals surface area contributed by atoms with E-state index in [0.29, 0.717) is 22.6 Å². The molecule has 0 N–H and O–H groups in total. The lowest BCUT2D eigenvalue weighted by atomic mass is 10.2. The number of rotatable bonds is 5. The number of hydrogen-bond donors (Lipinski definition) is 0. The molecule has 1 aliphatic rings. The number of hydrogen-bond acceptors (Lipinski definition) is 6. The molecule has 5 nitrogen and oxygen atoms in total. The molecule has 0 aromatic carbocycles. The van der Waals surface area contributed by atoms with Crippen molar-refractivity contribution >= 4 is 38.7 Å². The summed E-state index contributed by atoms with van der Waals surface area (Å²) < 4.78 is 1.60. The molecule has 0 bridgehead atoms. The minimum atomic E-state index is -0.0871. The minimum Gasteiger partial charge on any atom is -0.296 e. The van der Waals surface area contributed by atoms with Gasteiger partial charge in [0.2, 0.25) is 0 Å². The van der Waals surface area contributed by atoms with Crippen LogP contribution in [0.1, 0.15) is 38.8 Å². The molecule has 0 amide bonds. The van der Waals surface area contributed by atoms with Crippen molar-refractivity contribution in [1.82, 2.24) is 14.5 Å². The lowest BCUT2D eigenvalue weighted by Crippen LogP contribution is -2.32. The molecule has 0 spiro atoms. The van der Waals surface area contributed by atoms with Crippen molar-refractivity contribution in [2.75, 3.05) is 13.1 Å². The van der Waals surface area contributed by atoms with Gasteiger partial charge in [0.1, 0.15) is 10.7 Å². The number of likely N-dealkylation sites (tertiary alicyclic amines) is 1. The van der Waals surface area contributed by atoms with Crippen LogP contribution in [0.3, 0.4) is 0 Å². The quantitative estimate of drug-likeness (QED) is 0.628. The van der Waals surface area contributed by atoms with Gasteiger partial charge in [-0.1, -0.05) is 6.07 Å². The topological polar surface area (TPSA) is 55.2 Å². The first-order valence-electron chi connectivity index (χ1n) is 8.83. The van der Waals surface area contributed by atoms with Crippen LogP contribution in [0, 0.1) is 13.8 Å². The molecule has 0 saturated carbocycles. The molecule has 26 heavy (non-hydrogen) atoms. The average Bonchev–Trinajstić information content (AvgIpc) is 3.34. The van der Waals surface area contributed by atoms with Crippen molar-refractivity contribution in [3.05, 3.63) is 49.0 Å². The zero-order chi connectivity index (χ0) is 18.3. The number of nitrogens with zero attached hydrogens (tertiary/aromatic N) is 3. The summed E-state index contributed by atoms with van der Waals surface area (Å²) in [7, 11) is 0. The highest BCUT2D eigenvalue weighted by Crippen LogP contribution is 2.27. The van der Waals surface area contributed by atoms with Gasteiger partial charge in [0, 0.05) is 4.88 Å². The highest BCUT2D eigenvalue weighted by atomic mass is 32.1. The maximum atomic E-state index is 13.2. The molecule has 136 valence electrons. The van der Waals surface area contributed by atoms with E-state index < -0.39 is 0 Å². The third kappa shape index (κ3) is 3.15. The Morgan fingerprint density at radius 3 is 2.73 bits per heavy atom. The van der Waals surface area contributed by atoms with Crippen LogP contribution >= 0.6 is 22.7 Å². The molecule has 0 unspecified atom stereocenters. The maximum Gasteiger partial charge on any atom is 0.263 e.